The van der Waals surface area contributed by atoms with Crippen LogP contribution in [0.3, 0.4) is 0 Å². The summed E-state index contributed by atoms with van der Waals surface area (Å²) in [5, 5.41) is 9.97. The molecule has 0 atom stereocenters. The van der Waals surface area contributed by atoms with Crippen molar-refractivity contribution in [3.63, 3.8) is 0 Å². The highest BCUT2D eigenvalue weighted by molar-refractivity contribution is 5.89. The van der Waals surface area contributed by atoms with Crippen molar-refractivity contribution in [2.45, 2.75) is 31.7 Å². The molecule has 1 saturated heterocycles. The zero-order valence-electron chi connectivity index (χ0n) is 18.8. The van der Waals surface area contributed by atoms with Crippen LogP contribution in [0.15, 0.2) is 42.5 Å². The van der Waals surface area contributed by atoms with Crippen LogP contribution in [0.4, 0.5) is 36.8 Å². The van der Waals surface area contributed by atoms with Crippen LogP contribution in [0.2, 0.25) is 0 Å². The van der Waals surface area contributed by atoms with Gasteiger partial charge in [0.25, 0.3) is 0 Å². The lowest BCUT2D eigenvalue weighted by Gasteiger charge is -2.31. The van der Waals surface area contributed by atoms with Crippen molar-refractivity contribution in [1.82, 2.24) is 9.88 Å². The number of aliphatic carboxylic acids is 1. The van der Waals surface area contributed by atoms with Crippen molar-refractivity contribution in [3.8, 4) is 5.88 Å². The molecule has 0 unspecified atom stereocenters. The van der Waals surface area contributed by atoms with E-state index in [2.05, 4.69) is 10.3 Å². The number of nitrogens with zero attached hydrogens (tertiary/aromatic N) is 2. The summed E-state index contributed by atoms with van der Waals surface area (Å²) in [6.07, 6.45) is -8.24. The summed E-state index contributed by atoms with van der Waals surface area (Å²) >= 11 is 0. The summed E-state index contributed by atoms with van der Waals surface area (Å²) in [7, 11) is 0. The van der Waals surface area contributed by atoms with Crippen LogP contribution in [0.5, 0.6) is 5.88 Å². The minimum absolute atomic E-state index is 0.0309. The molecule has 0 radical (unpaired) electrons. The predicted octanol–water partition coefficient (Wildman–Crippen LogP) is 4.52. The van der Waals surface area contributed by atoms with Gasteiger partial charge in [0.2, 0.25) is 5.88 Å². The Morgan fingerprint density at radius 2 is 1.67 bits per heavy atom. The van der Waals surface area contributed by atoms with Crippen LogP contribution in [0.25, 0.3) is 0 Å². The first-order valence-electron chi connectivity index (χ1n) is 10.6. The second-order valence-electron chi connectivity index (χ2n) is 7.74. The number of alkyl halides is 6. The van der Waals surface area contributed by atoms with E-state index in [1.807, 2.05) is 30.3 Å². The Labute approximate surface area is 202 Å². The quantitative estimate of drug-likeness (QED) is 0.498. The molecule has 0 aliphatic carbocycles. The molecule has 2 heterocycles. The van der Waals surface area contributed by atoms with E-state index < -0.39 is 24.0 Å². The lowest BCUT2D eigenvalue weighted by atomic mass is 9.98. The molecule has 2 amide bonds. The number of carboxylic acids is 1. The zero-order chi connectivity index (χ0) is 26.9. The second-order valence-corrected chi connectivity index (χ2v) is 7.74. The van der Waals surface area contributed by atoms with Crippen molar-refractivity contribution in [3.05, 3.63) is 53.7 Å². The molecule has 4 N–H and O–H groups in total. The number of piperidine rings is 1. The highest BCUT2D eigenvalue weighted by Gasteiger charge is 2.38. The fourth-order valence-electron chi connectivity index (χ4n) is 3.13. The number of likely N-dealkylation sites (tertiary alicyclic amines) is 1. The largest absolute Gasteiger partial charge is 0.490 e. The van der Waals surface area contributed by atoms with Gasteiger partial charge < -0.3 is 25.8 Å². The van der Waals surface area contributed by atoms with Crippen molar-refractivity contribution >= 4 is 17.7 Å². The number of benzene rings is 1. The number of amides is 2. The van der Waals surface area contributed by atoms with E-state index in [0.717, 1.165) is 11.8 Å². The number of carboxylic acid groups (broad SMARTS) is 1. The fourth-order valence-corrected chi connectivity index (χ4v) is 3.13. The fraction of sp³-hybridized carbons (Fsp3) is 0.409. The lowest BCUT2D eigenvalue weighted by Crippen LogP contribution is -2.42. The van der Waals surface area contributed by atoms with Crippen LogP contribution in [-0.2, 0) is 17.5 Å². The standard InChI is InChI=1S/C20H23F3N4O2.C2HF3O2/c21-20(22,23)17-10-15(12-24)11-18(26-17)29-13-14-6-8-27(9-7-14)19(28)25-16-4-2-1-3-5-16;3-2(4,5)1(6)7/h1-5,10-11,14H,6-9,12-13,24H2,(H,25,28);(H,6,7). The summed E-state index contributed by atoms with van der Waals surface area (Å²) in [5.41, 5.74) is 5.51. The summed E-state index contributed by atoms with van der Waals surface area (Å²) in [4.78, 5) is 26.5. The SMILES string of the molecule is NCc1cc(OCC2CCN(C(=O)Nc3ccccc3)CC2)nc(C(F)(F)F)c1.O=C(O)C(F)(F)F. The number of rotatable bonds is 5. The average Bonchev–Trinajstić information content (AvgIpc) is 2.82. The second kappa shape index (κ2) is 12.4. The molecule has 3 rings (SSSR count). The van der Waals surface area contributed by atoms with Gasteiger partial charge in [0.1, 0.15) is 5.69 Å². The molecule has 14 heteroatoms. The molecule has 0 bridgehead atoms. The number of ether oxygens (including phenoxy) is 1. The highest BCUT2D eigenvalue weighted by Crippen LogP contribution is 2.30. The minimum Gasteiger partial charge on any atom is -0.477 e. The molecular formula is C22H24F6N4O4. The first kappa shape index (κ1) is 28.7. The molecule has 36 heavy (non-hydrogen) atoms. The van der Waals surface area contributed by atoms with Crippen LogP contribution in [-0.4, -0.2) is 52.9 Å². The van der Waals surface area contributed by atoms with Crippen LogP contribution in [0.1, 0.15) is 24.1 Å². The number of pyridine rings is 1. The van der Waals surface area contributed by atoms with Gasteiger partial charge in [0.05, 0.1) is 6.61 Å². The van der Waals surface area contributed by atoms with Gasteiger partial charge in [-0.15, -0.1) is 0 Å². The van der Waals surface area contributed by atoms with Crippen LogP contribution in [0, 0.1) is 5.92 Å². The number of nitrogens with one attached hydrogen (secondary N) is 1. The Morgan fingerprint density at radius 1 is 1.08 bits per heavy atom. The predicted molar refractivity (Wildman–Crippen MR) is 116 cm³/mol. The molecule has 1 aromatic heterocycles. The van der Waals surface area contributed by atoms with Crippen LogP contribution < -0.4 is 15.8 Å². The van der Waals surface area contributed by atoms with Crippen molar-refractivity contribution < 1.29 is 45.8 Å². The summed E-state index contributed by atoms with van der Waals surface area (Å²) in [5.74, 6) is -2.70. The van der Waals surface area contributed by atoms with E-state index in [1.165, 1.54) is 6.07 Å². The van der Waals surface area contributed by atoms with Crippen molar-refractivity contribution in [1.29, 1.82) is 0 Å². The third-order valence-corrected chi connectivity index (χ3v) is 5.02. The molecule has 8 nitrogen and oxygen atoms in total. The number of urea groups is 1. The number of nitrogens with two attached hydrogens (primary N) is 1. The van der Waals surface area contributed by atoms with Crippen LogP contribution >= 0.6 is 0 Å². The number of hydrogen-bond donors (Lipinski definition) is 3. The zero-order valence-corrected chi connectivity index (χ0v) is 18.8. The first-order valence-corrected chi connectivity index (χ1v) is 10.6. The number of carbonyl (C=O) groups is 2. The van der Waals surface area contributed by atoms with Gasteiger partial charge in [-0.2, -0.15) is 26.3 Å². The Balaban J connectivity index is 0.000000572. The number of carbonyl (C=O) groups excluding carboxylic acids is 1. The minimum atomic E-state index is -5.08. The molecule has 0 spiro atoms. The molecule has 1 aliphatic rings. The number of hydrogen-bond acceptors (Lipinski definition) is 5. The maximum Gasteiger partial charge on any atom is 0.490 e. The van der Waals surface area contributed by atoms with E-state index in [0.29, 0.717) is 31.5 Å². The Bertz CT molecular complexity index is 1010. The molecule has 2 aromatic rings. The lowest BCUT2D eigenvalue weighted by molar-refractivity contribution is -0.192. The molecular weight excluding hydrogens is 498 g/mol. The van der Waals surface area contributed by atoms with Gasteiger partial charge in [0, 0.05) is 31.4 Å². The molecule has 1 aromatic carbocycles. The maximum atomic E-state index is 13.0. The average molecular weight is 522 g/mol. The van der Waals surface area contributed by atoms with E-state index >= 15 is 0 Å². The number of halogens is 6. The van der Waals surface area contributed by atoms with Gasteiger partial charge in [-0.3, -0.25) is 0 Å². The monoisotopic (exact) mass is 522 g/mol. The molecule has 0 saturated carbocycles. The maximum absolute atomic E-state index is 13.0. The summed E-state index contributed by atoms with van der Waals surface area (Å²) < 4.78 is 76.1. The van der Waals surface area contributed by atoms with E-state index in [9.17, 15) is 31.1 Å². The third kappa shape index (κ3) is 9.24. The first-order chi connectivity index (χ1) is 16.8. The van der Waals surface area contributed by atoms with E-state index in [1.54, 1.807) is 4.90 Å². The van der Waals surface area contributed by atoms with Gasteiger partial charge in [0.15, 0.2) is 0 Å². The smallest absolute Gasteiger partial charge is 0.477 e. The Hall–Kier alpha value is -3.55. The molecule has 198 valence electrons. The van der Waals surface area contributed by atoms with E-state index in [-0.39, 0.29) is 31.0 Å². The number of aromatic nitrogens is 1. The van der Waals surface area contributed by atoms with Gasteiger partial charge in [-0.1, -0.05) is 18.2 Å². The van der Waals surface area contributed by atoms with Crippen molar-refractivity contribution in [2.75, 3.05) is 25.0 Å². The summed E-state index contributed by atoms with van der Waals surface area (Å²) in [6.45, 7) is 1.32. The Kier molecular flexibility index (Phi) is 9.90. The normalized spacial score (nSPS) is 14.5. The third-order valence-electron chi connectivity index (χ3n) is 5.02. The highest BCUT2D eigenvalue weighted by atomic mass is 19.4. The van der Waals surface area contributed by atoms with Gasteiger partial charge in [-0.25, -0.2) is 14.6 Å². The van der Waals surface area contributed by atoms with Gasteiger partial charge in [-0.05, 0) is 42.5 Å². The molecule has 1 fully saturated rings. The summed E-state index contributed by atoms with van der Waals surface area (Å²) in [6, 6.07) is 11.4. The molecule has 1 aliphatic heterocycles. The van der Waals surface area contributed by atoms with E-state index in [4.69, 9.17) is 20.4 Å². The Morgan fingerprint density at radius 3 is 2.17 bits per heavy atom. The number of para-hydroxylation sites is 1. The van der Waals surface area contributed by atoms with Gasteiger partial charge >= 0.3 is 24.4 Å². The van der Waals surface area contributed by atoms with Crippen molar-refractivity contribution in [2.24, 2.45) is 11.7 Å². The number of anilines is 1. The topological polar surface area (TPSA) is 118 Å².